The molecule has 0 spiro atoms. The highest BCUT2D eigenvalue weighted by molar-refractivity contribution is 5.75. The van der Waals surface area contributed by atoms with E-state index in [1.165, 1.54) is 0 Å². The Bertz CT molecular complexity index is 622. The number of alkyl halides is 3. The zero-order chi connectivity index (χ0) is 16.2. The molecule has 4 nitrogen and oxygen atoms in total. The van der Waals surface area contributed by atoms with Crippen LogP contribution < -0.4 is 5.32 Å². The smallest absolute Gasteiger partial charge is 0.354 e. The lowest BCUT2D eigenvalue weighted by molar-refractivity contribution is -0.141. The van der Waals surface area contributed by atoms with Gasteiger partial charge in [0.05, 0.1) is 0 Å². The Labute approximate surface area is 125 Å². The summed E-state index contributed by atoms with van der Waals surface area (Å²) in [5.41, 5.74) is 0.0826. The number of hydrogen-bond donors (Lipinski definition) is 1. The first-order valence-electron chi connectivity index (χ1n) is 6.78. The summed E-state index contributed by atoms with van der Waals surface area (Å²) in [6, 6.07) is 10.5. The van der Waals surface area contributed by atoms with Crippen LogP contribution in [0.15, 0.2) is 42.6 Å². The van der Waals surface area contributed by atoms with E-state index in [4.69, 9.17) is 0 Å². The number of rotatable bonds is 5. The van der Waals surface area contributed by atoms with E-state index >= 15 is 0 Å². The van der Waals surface area contributed by atoms with E-state index in [9.17, 15) is 18.0 Å². The molecule has 0 aliphatic heterocycles. The van der Waals surface area contributed by atoms with E-state index < -0.39 is 11.9 Å². The maximum Gasteiger partial charge on any atom is 0.435 e. The monoisotopic (exact) mass is 311 g/mol. The number of hydrogen-bond acceptors (Lipinski definition) is 2. The molecule has 0 saturated heterocycles. The number of aromatic nitrogens is 2. The van der Waals surface area contributed by atoms with Gasteiger partial charge in [0.25, 0.3) is 0 Å². The third kappa shape index (κ3) is 4.34. The number of halogens is 3. The standard InChI is InChI=1S/C15H16F3N3O/c1-11(12-5-3-2-4-6-12)9-19-14(22)10-21-8-7-13(20-21)15(16,17)18/h2-8,11H,9-10H2,1H3,(H,19,22)/t11-/m1/s1. The van der Waals surface area contributed by atoms with Gasteiger partial charge in [0.2, 0.25) is 5.91 Å². The highest BCUT2D eigenvalue weighted by Crippen LogP contribution is 2.27. The quantitative estimate of drug-likeness (QED) is 0.923. The molecule has 2 aromatic rings. The molecule has 0 unspecified atom stereocenters. The van der Waals surface area contributed by atoms with Crippen LogP contribution in [0.1, 0.15) is 24.1 Å². The first kappa shape index (κ1) is 16.1. The van der Waals surface area contributed by atoms with E-state index in [0.29, 0.717) is 6.54 Å². The molecule has 1 aromatic heterocycles. The van der Waals surface area contributed by atoms with Gasteiger partial charge in [-0.2, -0.15) is 18.3 Å². The molecule has 0 aliphatic rings. The molecule has 1 amide bonds. The van der Waals surface area contributed by atoms with Crippen molar-refractivity contribution in [2.24, 2.45) is 0 Å². The molecule has 0 fully saturated rings. The number of carbonyl (C=O) groups is 1. The molecule has 0 aliphatic carbocycles. The molecular weight excluding hydrogens is 295 g/mol. The largest absolute Gasteiger partial charge is 0.435 e. The Morgan fingerprint density at radius 2 is 1.95 bits per heavy atom. The highest BCUT2D eigenvalue weighted by atomic mass is 19.4. The maximum absolute atomic E-state index is 12.4. The predicted molar refractivity (Wildman–Crippen MR) is 75.1 cm³/mol. The predicted octanol–water partition coefficient (Wildman–Crippen LogP) is 2.82. The number of nitrogens with zero attached hydrogens (tertiary/aromatic N) is 2. The number of nitrogens with one attached hydrogen (secondary N) is 1. The van der Waals surface area contributed by atoms with Crippen LogP contribution in [0.25, 0.3) is 0 Å². The van der Waals surface area contributed by atoms with Crippen molar-refractivity contribution >= 4 is 5.91 Å². The molecular formula is C15H16F3N3O. The number of carbonyl (C=O) groups excluding carboxylic acids is 1. The summed E-state index contributed by atoms with van der Waals surface area (Å²) >= 11 is 0. The van der Waals surface area contributed by atoms with Crippen LogP contribution in [0.5, 0.6) is 0 Å². The van der Waals surface area contributed by atoms with Gasteiger partial charge in [0.1, 0.15) is 6.54 Å². The molecule has 1 aromatic carbocycles. The SMILES string of the molecule is C[C@H](CNC(=O)Cn1ccc(C(F)(F)F)n1)c1ccccc1. The second kappa shape index (κ2) is 6.64. The van der Waals surface area contributed by atoms with Crippen LogP contribution in [-0.2, 0) is 17.5 Å². The van der Waals surface area contributed by atoms with Gasteiger partial charge in [-0.1, -0.05) is 37.3 Å². The summed E-state index contributed by atoms with van der Waals surface area (Å²) in [7, 11) is 0. The van der Waals surface area contributed by atoms with Crippen molar-refractivity contribution in [3.63, 3.8) is 0 Å². The van der Waals surface area contributed by atoms with Crippen molar-refractivity contribution < 1.29 is 18.0 Å². The van der Waals surface area contributed by atoms with Crippen LogP contribution in [-0.4, -0.2) is 22.2 Å². The Morgan fingerprint density at radius 1 is 1.27 bits per heavy atom. The fraction of sp³-hybridized carbons (Fsp3) is 0.333. The van der Waals surface area contributed by atoms with Crippen LogP contribution in [0.4, 0.5) is 13.2 Å². The normalized spacial score (nSPS) is 12.9. The second-order valence-corrected chi connectivity index (χ2v) is 5.01. The zero-order valence-electron chi connectivity index (χ0n) is 12.0. The lowest BCUT2D eigenvalue weighted by atomic mass is 10.0. The van der Waals surface area contributed by atoms with E-state index in [2.05, 4.69) is 10.4 Å². The minimum Gasteiger partial charge on any atom is -0.354 e. The lowest BCUT2D eigenvalue weighted by Crippen LogP contribution is -2.31. The van der Waals surface area contributed by atoms with Crippen molar-refractivity contribution in [2.75, 3.05) is 6.54 Å². The molecule has 1 atom stereocenters. The second-order valence-electron chi connectivity index (χ2n) is 5.01. The molecule has 22 heavy (non-hydrogen) atoms. The molecule has 2 rings (SSSR count). The van der Waals surface area contributed by atoms with E-state index in [0.717, 1.165) is 22.5 Å². The van der Waals surface area contributed by atoms with E-state index in [1.54, 1.807) is 0 Å². The average Bonchev–Trinajstić information content (AvgIpc) is 2.94. The Hall–Kier alpha value is -2.31. The molecule has 1 heterocycles. The number of amides is 1. The lowest BCUT2D eigenvalue weighted by Gasteiger charge is -2.13. The fourth-order valence-corrected chi connectivity index (χ4v) is 1.97. The summed E-state index contributed by atoms with van der Waals surface area (Å²) in [6.07, 6.45) is -3.35. The minimum atomic E-state index is -4.50. The van der Waals surface area contributed by atoms with E-state index in [-0.39, 0.29) is 18.4 Å². The number of benzene rings is 1. The molecule has 118 valence electrons. The van der Waals surface area contributed by atoms with Gasteiger partial charge >= 0.3 is 6.18 Å². The summed E-state index contributed by atoms with van der Waals surface area (Å²) in [5.74, 6) is -0.256. The Balaban J connectivity index is 1.84. The first-order chi connectivity index (χ1) is 10.4. The maximum atomic E-state index is 12.4. The van der Waals surface area contributed by atoms with Gasteiger partial charge in [-0.25, -0.2) is 0 Å². The molecule has 0 radical (unpaired) electrons. The van der Waals surface area contributed by atoms with Crippen LogP contribution in [0, 0.1) is 0 Å². The Kier molecular flexibility index (Phi) is 4.85. The average molecular weight is 311 g/mol. The van der Waals surface area contributed by atoms with Gasteiger partial charge < -0.3 is 5.32 Å². The summed E-state index contributed by atoms with van der Waals surface area (Å²) in [6.45, 7) is 2.14. The zero-order valence-corrected chi connectivity index (χ0v) is 12.0. The molecule has 1 N–H and O–H groups in total. The van der Waals surface area contributed by atoms with Crippen molar-refractivity contribution in [3.8, 4) is 0 Å². The first-order valence-corrected chi connectivity index (χ1v) is 6.78. The van der Waals surface area contributed by atoms with E-state index in [1.807, 2.05) is 37.3 Å². The van der Waals surface area contributed by atoms with Crippen molar-refractivity contribution in [1.82, 2.24) is 15.1 Å². The molecule has 7 heteroatoms. The highest BCUT2D eigenvalue weighted by Gasteiger charge is 2.33. The Morgan fingerprint density at radius 3 is 2.55 bits per heavy atom. The summed E-state index contributed by atoms with van der Waals surface area (Å²) in [4.78, 5) is 11.8. The minimum absolute atomic E-state index is 0.119. The van der Waals surface area contributed by atoms with Crippen LogP contribution >= 0.6 is 0 Å². The fourth-order valence-electron chi connectivity index (χ4n) is 1.97. The van der Waals surface area contributed by atoms with Crippen LogP contribution in [0.2, 0.25) is 0 Å². The molecule has 0 saturated carbocycles. The molecule has 0 bridgehead atoms. The topological polar surface area (TPSA) is 46.9 Å². The summed E-state index contributed by atoms with van der Waals surface area (Å²) in [5, 5.41) is 6.03. The van der Waals surface area contributed by atoms with Gasteiger partial charge in [-0.05, 0) is 17.5 Å². The van der Waals surface area contributed by atoms with Crippen LogP contribution in [0.3, 0.4) is 0 Å². The van der Waals surface area contributed by atoms with Gasteiger partial charge in [-0.15, -0.1) is 0 Å². The van der Waals surface area contributed by atoms with Gasteiger partial charge in [0, 0.05) is 12.7 Å². The van der Waals surface area contributed by atoms with Gasteiger partial charge in [-0.3, -0.25) is 9.48 Å². The third-order valence-corrected chi connectivity index (χ3v) is 3.21. The van der Waals surface area contributed by atoms with Gasteiger partial charge in [0.15, 0.2) is 5.69 Å². The van der Waals surface area contributed by atoms with Crippen molar-refractivity contribution in [3.05, 3.63) is 53.9 Å². The summed E-state index contributed by atoms with van der Waals surface area (Å²) < 4.78 is 38.2. The van der Waals surface area contributed by atoms with Crippen molar-refractivity contribution in [1.29, 1.82) is 0 Å². The van der Waals surface area contributed by atoms with Crippen molar-refractivity contribution in [2.45, 2.75) is 25.6 Å². The third-order valence-electron chi connectivity index (χ3n) is 3.21.